The number of amides is 8. The molecule has 12 heterocycles. The first-order valence-corrected chi connectivity index (χ1v) is 57.6. The van der Waals surface area contributed by atoms with E-state index >= 15 is 17.6 Å². The highest BCUT2D eigenvalue weighted by Crippen LogP contribution is 2.53. The summed E-state index contributed by atoms with van der Waals surface area (Å²) in [6.45, 7) is 20.5. The second-order valence-corrected chi connectivity index (χ2v) is 52.1. The number of carbonyl (C=O) groups excluding carboxylic acids is 8. The van der Waals surface area contributed by atoms with Crippen molar-refractivity contribution >= 4 is 131 Å². The van der Waals surface area contributed by atoms with Crippen LogP contribution in [0.15, 0.2) is 97.1 Å². The van der Waals surface area contributed by atoms with Gasteiger partial charge in [-0.15, -0.1) is 0 Å². The number of fused-ring (bicyclic) bond motifs is 4. The molecular formula is C104H136F4N20O16Si2. The fourth-order valence-electron chi connectivity index (χ4n) is 22.8. The molecule has 0 spiro atoms. The van der Waals surface area contributed by atoms with Crippen LogP contribution in [0.3, 0.4) is 0 Å². The van der Waals surface area contributed by atoms with Gasteiger partial charge in [-0.05, 0) is 224 Å². The summed E-state index contributed by atoms with van der Waals surface area (Å²) < 4.78 is 108. The lowest BCUT2D eigenvalue weighted by Gasteiger charge is -2.38. The predicted octanol–water partition coefficient (Wildman–Crippen LogP) is 16.3. The molecule has 0 aliphatic carbocycles. The van der Waals surface area contributed by atoms with Crippen molar-refractivity contribution in [3.05, 3.63) is 166 Å². The first-order valence-electron chi connectivity index (χ1n) is 50.8. The Hall–Kier alpha value is -12.6. The molecule has 8 aliphatic rings. The van der Waals surface area contributed by atoms with Crippen LogP contribution < -0.4 is 40.9 Å². The number of ether oxygens (including phenoxy) is 8. The molecule has 784 valence electrons. The average Bonchev–Trinajstić information content (AvgIpc) is 1.60. The summed E-state index contributed by atoms with van der Waals surface area (Å²) in [6.07, 6.45) is 2.83. The van der Waals surface area contributed by atoms with Crippen molar-refractivity contribution in [2.24, 2.45) is 0 Å². The maximum absolute atomic E-state index is 16.6. The number of halogens is 4. The lowest BCUT2D eigenvalue weighted by atomic mass is 10.0. The quantitative estimate of drug-likeness (QED) is 0.0128. The summed E-state index contributed by atoms with van der Waals surface area (Å²) in [5.41, 5.74) is 10.4. The second-order valence-electron chi connectivity index (χ2n) is 41.4. The number of nitrogens with zero attached hydrogens (tertiary/aromatic N) is 12. The number of hydrogen-bond donors (Lipinski definition) is 8. The highest BCUT2D eigenvalue weighted by molar-refractivity contribution is 6.78. The average molecular weight is 2050 g/mol. The Kier molecular flexibility index (Phi) is 31.7. The van der Waals surface area contributed by atoms with Crippen LogP contribution in [0.1, 0.15) is 199 Å². The highest BCUT2D eigenvalue weighted by Gasteiger charge is 2.48. The van der Waals surface area contributed by atoms with Crippen molar-refractivity contribution in [3.8, 4) is 0 Å². The van der Waals surface area contributed by atoms with E-state index in [2.05, 4.69) is 77.2 Å². The number of alkyl carbamates (subject to hydrolysis) is 4. The molecule has 0 unspecified atom stereocenters. The van der Waals surface area contributed by atoms with Gasteiger partial charge in [-0.3, -0.25) is 19.2 Å². The molecule has 8 aliphatic heterocycles. The minimum atomic E-state index is -1.42. The van der Waals surface area contributed by atoms with Crippen molar-refractivity contribution in [1.82, 2.24) is 80.7 Å². The van der Waals surface area contributed by atoms with Gasteiger partial charge < -0.3 is 118 Å². The van der Waals surface area contributed by atoms with Crippen molar-refractivity contribution in [2.75, 3.05) is 129 Å². The molecule has 36 nitrogen and oxygen atoms in total. The molecule has 0 saturated carbocycles. The van der Waals surface area contributed by atoms with E-state index in [0.29, 0.717) is 160 Å². The van der Waals surface area contributed by atoms with Gasteiger partial charge in [0.2, 0.25) is 23.6 Å². The number of likely N-dealkylation sites (tertiary alicyclic amines) is 4. The number of methoxy groups -OCH3 is 8. The highest BCUT2D eigenvalue weighted by atomic mass is 28.3. The molecule has 0 bridgehead atoms. The number of aromatic nitrogens is 8. The predicted molar refractivity (Wildman–Crippen MR) is 548 cm³/mol. The van der Waals surface area contributed by atoms with Crippen LogP contribution in [0, 0.1) is 23.3 Å². The summed E-state index contributed by atoms with van der Waals surface area (Å²) in [7, 11) is 8.06. The number of imidazole rings is 4. The summed E-state index contributed by atoms with van der Waals surface area (Å²) in [5.74, 6) is -1.13. The molecule has 8 fully saturated rings. The first-order chi connectivity index (χ1) is 70.0. The van der Waals surface area contributed by atoms with Crippen molar-refractivity contribution in [1.29, 1.82) is 0 Å². The maximum atomic E-state index is 16.6. The topological polar surface area (TPSA) is 399 Å². The van der Waals surface area contributed by atoms with E-state index in [-0.39, 0.29) is 83.3 Å². The number of H-pyrrole nitrogens is 4. The molecule has 4 aromatic heterocycles. The Labute approximate surface area is 847 Å². The van der Waals surface area contributed by atoms with E-state index in [1.807, 2.05) is 82.6 Å². The van der Waals surface area contributed by atoms with Gasteiger partial charge in [0, 0.05) is 92.2 Å². The SMILES string of the molecule is COC(=O)N[C@H](C(=O)N1CCC[C@H]1c1nc2ccc([C@@H]3CC[C@@H](c4ccc5nc([C@@H]6CCCN6C(=O)[C@@H](NC(=O)OC)[C@@H](C)OC)[nH]c5c4)N3c3cc(F)c(N4CC[Si](C)(C)CC4)c(F)c3)cc2[nH]1)[C@@H](C)OC.COC(=O)N[C@H](C(=O)N1CCC[C@H]1c1nc2ccc([C@H]3CC[C@H](c4ccc5nc([C@@H]6CCCN6C(=O)[C@@H](NC(=O)OC)[C@@H](C)OC)[nH]c5c4)N3c3cc(F)c(N4CC[Si](C)(C)CC4)c(F)c3)cc2[nH]1)[C@@H](C)OC. The molecular weight excluding hydrogens is 1920 g/mol. The number of aromatic amines is 4. The largest absolute Gasteiger partial charge is 0.453 e. The fourth-order valence-corrected chi connectivity index (χ4v) is 26.8. The third-order valence-corrected chi connectivity index (χ3v) is 37.9. The number of carbonyl (C=O) groups is 8. The van der Waals surface area contributed by atoms with E-state index in [4.69, 9.17) is 57.8 Å². The summed E-state index contributed by atoms with van der Waals surface area (Å²) in [6, 6.07) is 27.1. The molecule has 146 heavy (non-hydrogen) atoms. The van der Waals surface area contributed by atoms with Gasteiger partial charge >= 0.3 is 24.4 Å². The zero-order chi connectivity index (χ0) is 104. The van der Waals surface area contributed by atoms with Gasteiger partial charge in [0.25, 0.3) is 0 Å². The molecule has 0 radical (unpaired) electrons. The molecule has 8 N–H and O–H groups in total. The zero-order valence-corrected chi connectivity index (χ0v) is 87.9. The zero-order valence-electron chi connectivity index (χ0n) is 85.9. The summed E-state index contributed by atoms with van der Waals surface area (Å²) >= 11 is 0. The van der Waals surface area contributed by atoms with Gasteiger partial charge in [0.15, 0.2) is 23.3 Å². The minimum Gasteiger partial charge on any atom is -0.453 e. The van der Waals surface area contributed by atoms with Crippen molar-refractivity contribution in [2.45, 2.75) is 252 Å². The van der Waals surface area contributed by atoms with Crippen LogP contribution in [-0.2, 0) is 57.1 Å². The third-order valence-electron chi connectivity index (χ3n) is 31.5. The van der Waals surface area contributed by atoms with E-state index < -0.39 is 112 Å². The number of nitrogens with one attached hydrogen (secondary N) is 8. The van der Waals surface area contributed by atoms with Crippen molar-refractivity contribution < 1.29 is 93.8 Å². The van der Waals surface area contributed by atoms with Gasteiger partial charge in [0.05, 0.1) is 161 Å². The summed E-state index contributed by atoms with van der Waals surface area (Å²) in [4.78, 5) is 154. The second kappa shape index (κ2) is 44.2. The smallest absolute Gasteiger partial charge is 0.407 e. The van der Waals surface area contributed by atoms with Crippen LogP contribution in [0.5, 0.6) is 0 Å². The molecule has 10 aromatic rings. The van der Waals surface area contributed by atoms with Crippen LogP contribution in [0.4, 0.5) is 59.5 Å². The maximum Gasteiger partial charge on any atom is 0.407 e. The fraction of sp³-hybridized carbons (Fsp3) is 0.538. The molecule has 6 aromatic carbocycles. The van der Waals surface area contributed by atoms with Crippen molar-refractivity contribution in [3.63, 3.8) is 0 Å². The van der Waals surface area contributed by atoms with Crippen LogP contribution in [-0.4, -0.2) is 281 Å². The van der Waals surface area contributed by atoms with Gasteiger partial charge in [0.1, 0.15) is 58.8 Å². The lowest BCUT2D eigenvalue weighted by Crippen LogP contribution is -2.54. The Balaban J connectivity index is 0.000000200. The number of rotatable bonds is 28. The molecule has 8 amide bonds. The van der Waals surface area contributed by atoms with Gasteiger partial charge in [-0.2, -0.15) is 0 Å². The van der Waals surface area contributed by atoms with Crippen LogP contribution >= 0.6 is 0 Å². The third kappa shape index (κ3) is 21.6. The number of anilines is 4. The Bertz CT molecular complexity index is 5740. The molecule has 18 rings (SSSR count). The lowest BCUT2D eigenvalue weighted by molar-refractivity contribution is -0.138. The van der Waals surface area contributed by atoms with Crippen LogP contribution in [0.2, 0.25) is 50.4 Å². The molecule has 42 heteroatoms. The van der Waals surface area contributed by atoms with Crippen LogP contribution in [0.25, 0.3) is 44.1 Å². The molecule has 16 atom stereocenters. The van der Waals surface area contributed by atoms with E-state index in [1.54, 1.807) is 47.3 Å². The Morgan fingerprint density at radius 3 is 0.747 bits per heavy atom. The Morgan fingerprint density at radius 2 is 0.541 bits per heavy atom. The Morgan fingerprint density at radius 1 is 0.322 bits per heavy atom. The standard InChI is InChI=1S/2C52H68F2N10O8Si/c2*1-29(69-3)44(59-51(67)71-5)49(65)62-19-9-11-42(62)47-55-36-15-13-31(25-38(36)57-47)40-17-18-41(64(40)33-27-34(53)46(35(54)28-33)61-21-23-73(7,8)24-22-61)32-14-16-37-39(26-32)58-48(56-37)43-12-10-20-63(43)50(66)45(30(2)70-4)60-52(68)72-6/h2*13-16,25-30,40-45H,9-12,17-24H2,1-8H3,(H,55,57)(H,56,58)(H,59,67)(H,60,68)/t29-,30-,40+,41+,42+,43+,44+,45+;29-,30-,40-,41-,42+,43+,44+,45+/m11/s1. The normalized spacial score (nSPS) is 22.7. The van der Waals surface area contributed by atoms with Gasteiger partial charge in [-0.25, -0.2) is 56.7 Å². The molecule has 8 saturated heterocycles. The van der Waals surface area contributed by atoms with E-state index in [1.165, 1.54) is 81.1 Å². The van der Waals surface area contributed by atoms with E-state index in [9.17, 15) is 38.4 Å². The first kappa shape index (κ1) is 105. The number of hydrogen-bond acceptors (Lipinski definition) is 24. The van der Waals surface area contributed by atoms with E-state index in [0.717, 1.165) is 94.2 Å². The minimum absolute atomic E-state index is 0.0189. The summed E-state index contributed by atoms with van der Waals surface area (Å²) in [5, 5.41) is 10.6. The number of benzene rings is 6. The van der Waals surface area contributed by atoms with Gasteiger partial charge in [-0.1, -0.05) is 50.5 Å². The monoisotopic (exact) mass is 2050 g/mol.